The summed E-state index contributed by atoms with van der Waals surface area (Å²) in [7, 11) is 0. The number of nitrogens with zero attached hydrogens (tertiary/aromatic N) is 1. The highest BCUT2D eigenvalue weighted by molar-refractivity contribution is 5.74. The predicted octanol–water partition coefficient (Wildman–Crippen LogP) is 1.97. The van der Waals surface area contributed by atoms with Crippen molar-refractivity contribution < 1.29 is 9.18 Å². The Kier molecular flexibility index (Phi) is 3.47. The van der Waals surface area contributed by atoms with Crippen molar-refractivity contribution in [3.05, 3.63) is 34.6 Å². The van der Waals surface area contributed by atoms with E-state index >= 15 is 0 Å². The zero-order valence-corrected chi connectivity index (χ0v) is 10.1. The van der Waals surface area contributed by atoms with Crippen LogP contribution in [-0.2, 0) is 6.54 Å². The van der Waals surface area contributed by atoms with E-state index in [9.17, 15) is 9.18 Å². The molecule has 1 fully saturated rings. The van der Waals surface area contributed by atoms with E-state index in [-0.39, 0.29) is 18.6 Å². The van der Waals surface area contributed by atoms with Crippen molar-refractivity contribution in [3.8, 4) is 6.07 Å². The molecule has 1 aromatic rings. The molecule has 1 saturated carbocycles. The summed E-state index contributed by atoms with van der Waals surface area (Å²) in [6, 6.07) is 4.71. The number of benzene rings is 1. The smallest absolute Gasteiger partial charge is 0.315 e. The average molecular weight is 247 g/mol. The molecule has 2 N–H and O–H groups in total. The summed E-state index contributed by atoms with van der Waals surface area (Å²) < 4.78 is 13.6. The van der Waals surface area contributed by atoms with Gasteiger partial charge in [-0.05, 0) is 31.4 Å². The van der Waals surface area contributed by atoms with Crippen LogP contribution in [0, 0.1) is 24.1 Å². The van der Waals surface area contributed by atoms with Crippen LogP contribution in [-0.4, -0.2) is 12.1 Å². The fourth-order valence-corrected chi connectivity index (χ4v) is 1.64. The molecule has 0 unspecified atom stereocenters. The van der Waals surface area contributed by atoms with Gasteiger partial charge >= 0.3 is 6.03 Å². The third-order valence-electron chi connectivity index (χ3n) is 2.87. The second kappa shape index (κ2) is 5.05. The third-order valence-corrected chi connectivity index (χ3v) is 2.87. The number of hydrogen-bond donors (Lipinski definition) is 2. The Bertz CT molecular complexity index is 518. The second-order valence-electron chi connectivity index (χ2n) is 4.47. The van der Waals surface area contributed by atoms with Crippen LogP contribution in [0.2, 0.25) is 0 Å². The Morgan fingerprint density at radius 3 is 2.89 bits per heavy atom. The maximum Gasteiger partial charge on any atom is 0.315 e. The molecule has 1 aliphatic carbocycles. The van der Waals surface area contributed by atoms with Crippen molar-refractivity contribution >= 4 is 6.03 Å². The number of rotatable bonds is 3. The van der Waals surface area contributed by atoms with Crippen LogP contribution in [0.5, 0.6) is 0 Å². The van der Waals surface area contributed by atoms with E-state index < -0.39 is 5.82 Å². The fraction of sp³-hybridized carbons (Fsp3) is 0.385. The van der Waals surface area contributed by atoms with Crippen molar-refractivity contribution in [3.63, 3.8) is 0 Å². The Morgan fingerprint density at radius 2 is 2.28 bits per heavy atom. The molecule has 0 atom stereocenters. The van der Waals surface area contributed by atoms with Gasteiger partial charge in [-0.15, -0.1) is 0 Å². The summed E-state index contributed by atoms with van der Waals surface area (Å²) in [4.78, 5) is 11.4. The molecule has 0 heterocycles. The van der Waals surface area contributed by atoms with Gasteiger partial charge in [-0.25, -0.2) is 9.18 Å². The quantitative estimate of drug-likeness (QED) is 0.857. The first-order valence-corrected chi connectivity index (χ1v) is 5.83. The summed E-state index contributed by atoms with van der Waals surface area (Å²) in [5.41, 5.74) is 1.41. The predicted molar refractivity (Wildman–Crippen MR) is 64.2 cm³/mol. The molecule has 1 aromatic carbocycles. The molecule has 2 rings (SSSR count). The molecule has 0 aromatic heterocycles. The Balaban J connectivity index is 1.98. The van der Waals surface area contributed by atoms with Crippen LogP contribution >= 0.6 is 0 Å². The Morgan fingerprint density at radius 1 is 1.56 bits per heavy atom. The van der Waals surface area contributed by atoms with Crippen LogP contribution in [0.3, 0.4) is 0 Å². The zero-order valence-electron chi connectivity index (χ0n) is 10.1. The molecule has 2 amide bonds. The van der Waals surface area contributed by atoms with Gasteiger partial charge in [-0.3, -0.25) is 0 Å². The summed E-state index contributed by atoms with van der Waals surface area (Å²) in [6.07, 6.45) is 2.02. The SMILES string of the molecule is Cc1cc(CNC(=O)NC2CC2)c(F)cc1C#N. The van der Waals surface area contributed by atoms with Gasteiger partial charge in [0, 0.05) is 18.2 Å². The fourth-order valence-electron chi connectivity index (χ4n) is 1.64. The second-order valence-corrected chi connectivity index (χ2v) is 4.47. The van der Waals surface area contributed by atoms with Gasteiger partial charge in [0.2, 0.25) is 0 Å². The van der Waals surface area contributed by atoms with Gasteiger partial charge in [0.1, 0.15) is 5.82 Å². The van der Waals surface area contributed by atoms with Crippen molar-refractivity contribution in [1.82, 2.24) is 10.6 Å². The van der Waals surface area contributed by atoms with E-state index in [4.69, 9.17) is 5.26 Å². The van der Waals surface area contributed by atoms with E-state index in [0.717, 1.165) is 12.8 Å². The summed E-state index contributed by atoms with van der Waals surface area (Å²) >= 11 is 0. The number of halogens is 1. The van der Waals surface area contributed by atoms with Crippen LogP contribution in [0.15, 0.2) is 12.1 Å². The molecule has 0 aliphatic heterocycles. The lowest BCUT2D eigenvalue weighted by Crippen LogP contribution is -2.36. The normalized spacial score (nSPS) is 13.8. The number of nitrogens with one attached hydrogen (secondary N) is 2. The average Bonchev–Trinajstić information content (AvgIpc) is 3.13. The lowest BCUT2D eigenvalue weighted by atomic mass is 10.1. The minimum absolute atomic E-state index is 0.122. The number of hydrogen-bond acceptors (Lipinski definition) is 2. The molecule has 0 saturated heterocycles. The number of carbonyl (C=O) groups is 1. The molecule has 94 valence electrons. The first kappa shape index (κ1) is 12.4. The summed E-state index contributed by atoms with van der Waals surface area (Å²) in [6.45, 7) is 1.86. The molecule has 0 bridgehead atoms. The van der Waals surface area contributed by atoms with Crippen molar-refractivity contribution in [2.75, 3.05) is 0 Å². The lowest BCUT2D eigenvalue weighted by molar-refractivity contribution is 0.240. The van der Waals surface area contributed by atoms with E-state index in [0.29, 0.717) is 16.7 Å². The van der Waals surface area contributed by atoms with Gasteiger partial charge in [0.25, 0.3) is 0 Å². The van der Waals surface area contributed by atoms with Crippen molar-refractivity contribution in [2.24, 2.45) is 0 Å². The van der Waals surface area contributed by atoms with Gasteiger partial charge in [0.15, 0.2) is 0 Å². The van der Waals surface area contributed by atoms with E-state index in [1.54, 1.807) is 13.0 Å². The molecular weight excluding hydrogens is 233 g/mol. The summed E-state index contributed by atoms with van der Waals surface area (Å²) in [5.74, 6) is -0.469. The topological polar surface area (TPSA) is 64.9 Å². The van der Waals surface area contributed by atoms with Gasteiger partial charge in [-0.2, -0.15) is 5.26 Å². The lowest BCUT2D eigenvalue weighted by Gasteiger charge is -2.09. The molecular formula is C13H14FN3O. The standard InChI is InChI=1S/C13H14FN3O/c1-8-4-10(12(14)5-9(8)6-15)7-16-13(18)17-11-2-3-11/h4-5,11H,2-3,7H2,1H3,(H2,16,17,18). The van der Waals surface area contributed by atoms with Crippen molar-refractivity contribution in [1.29, 1.82) is 5.26 Å². The van der Waals surface area contributed by atoms with Gasteiger partial charge < -0.3 is 10.6 Å². The number of urea groups is 1. The molecule has 0 spiro atoms. The minimum atomic E-state index is -0.469. The highest BCUT2D eigenvalue weighted by atomic mass is 19.1. The third kappa shape index (κ3) is 2.98. The van der Waals surface area contributed by atoms with E-state index in [1.807, 2.05) is 6.07 Å². The van der Waals surface area contributed by atoms with Crippen LogP contribution < -0.4 is 10.6 Å². The number of amides is 2. The largest absolute Gasteiger partial charge is 0.335 e. The van der Waals surface area contributed by atoms with Crippen LogP contribution in [0.25, 0.3) is 0 Å². The summed E-state index contributed by atoms with van der Waals surface area (Å²) in [5, 5.41) is 14.1. The van der Waals surface area contributed by atoms with Crippen LogP contribution in [0.1, 0.15) is 29.5 Å². The molecule has 18 heavy (non-hydrogen) atoms. The molecule has 4 nitrogen and oxygen atoms in total. The molecule has 0 radical (unpaired) electrons. The van der Waals surface area contributed by atoms with E-state index in [2.05, 4.69) is 10.6 Å². The maximum atomic E-state index is 13.6. The van der Waals surface area contributed by atoms with Gasteiger partial charge in [-0.1, -0.05) is 6.07 Å². The maximum absolute atomic E-state index is 13.6. The van der Waals surface area contributed by atoms with Crippen molar-refractivity contribution in [2.45, 2.75) is 32.4 Å². The highest BCUT2D eigenvalue weighted by Crippen LogP contribution is 2.18. The number of carbonyl (C=O) groups excluding carboxylic acids is 1. The zero-order chi connectivity index (χ0) is 13.1. The van der Waals surface area contributed by atoms with Crippen LogP contribution in [0.4, 0.5) is 9.18 Å². The van der Waals surface area contributed by atoms with Gasteiger partial charge in [0.05, 0.1) is 11.6 Å². The molecule has 1 aliphatic rings. The first-order chi connectivity index (χ1) is 8.60. The monoisotopic (exact) mass is 247 g/mol. The Hall–Kier alpha value is -2.09. The van der Waals surface area contributed by atoms with E-state index in [1.165, 1.54) is 6.07 Å². The first-order valence-electron chi connectivity index (χ1n) is 5.83. The minimum Gasteiger partial charge on any atom is -0.335 e. The molecule has 5 heteroatoms. The Labute approximate surface area is 105 Å². The number of aryl methyl sites for hydroxylation is 1. The number of nitriles is 1. The highest BCUT2D eigenvalue weighted by Gasteiger charge is 2.23.